The van der Waals surface area contributed by atoms with Crippen LogP contribution in [0.15, 0.2) is 6.07 Å². The van der Waals surface area contributed by atoms with E-state index in [-0.39, 0.29) is 6.61 Å². The van der Waals surface area contributed by atoms with Crippen LogP contribution < -0.4 is 10.6 Å². The van der Waals surface area contributed by atoms with Gasteiger partial charge >= 0.3 is 0 Å². The highest BCUT2D eigenvalue weighted by Crippen LogP contribution is 2.20. The van der Waals surface area contributed by atoms with E-state index in [0.717, 1.165) is 5.56 Å². The third-order valence-corrected chi connectivity index (χ3v) is 2.34. The number of pyridine rings is 1. The molecule has 0 aliphatic carbocycles. The van der Waals surface area contributed by atoms with Crippen molar-refractivity contribution in [2.75, 3.05) is 44.0 Å². The zero-order valence-electron chi connectivity index (χ0n) is 10.7. The number of aliphatic hydroxyl groups excluding tert-OH is 1. The summed E-state index contributed by atoms with van der Waals surface area (Å²) in [5.41, 5.74) is 1.37. The van der Waals surface area contributed by atoms with Gasteiger partial charge in [0.15, 0.2) is 0 Å². The van der Waals surface area contributed by atoms with Gasteiger partial charge in [-0.05, 0) is 18.6 Å². The van der Waals surface area contributed by atoms with E-state index in [9.17, 15) is 0 Å². The maximum absolute atomic E-state index is 9.10. The van der Waals surface area contributed by atoms with Crippen molar-refractivity contribution in [2.45, 2.75) is 6.92 Å². The van der Waals surface area contributed by atoms with Crippen LogP contribution in [0, 0.1) is 18.3 Å². The zero-order valence-corrected chi connectivity index (χ0v) is 10.7. The van der Waals surface area contributed by atoms with Crippen LogP contribution in [0.25, 0.3) is 0 Å². The molecule has 0 spiro atoms. The highest BCUT2D eigenvalue weighted by Gasteiger charge is 2.09. The largest absolute Gasteiger partial charge is 0.395 e. The summed E-state index contributed by atoms with van der Waals surface area (Å²) in [5.74, 6) is 1.18. The van der Waals surface area contributed by atoms with Crippen LogP contribution in [-0.4, -0.2) is 43.5 Å². The molecule has 1 rings (SSSR count). The molecule has 6 nitrogen and oxygen atoms in total. The summed E-state index contributed by atoms with van der Waals surface area (Å²) < 4.78 is 4.94. The van der Waals surface area contributed by atoms with E-state index in [2.05, 4.69) is 21.7 Å². The molecule has 0 aliphatic heterocycles. The SMILES string of the molecule is COCCNc1nc(NCCO)cc(C)c1C#N. The second-order valence-electron chi connectivity index (χ2n) is 3.73. The summed E-state index contributed by atoms with van der Waals surface area (Å²) in [6.07, 6.45) is 0. The van der Waals surface area contributed by atoms with Crippen molar-refractivity contribution in [2.24, 2.45) is 0 Å². The van der Waals surface area contributed by atoms with Gasteiger partial charge in [-0.15, -0.1) is 0 Å². The van der Waals surface area contributed by atoms with Crippen LogP contribution in [0.2, 0.25) is 0 Å². The number of aryl methyl sites for hydroxylation is 1. The first-order chi connectivity index (χ1) is 8.72. The predicted octanol–water partition coefficient (Wildman–Crippen LogP) is 0.724. The van der Waals surface area contributed by atoms with Gasteiger partial charge < -0.3 is 20.5 Å². The molecule has 0 bridgehead atoms. The number of aromatic nitrogens is 1. The number of ether oxygens (including phenoxy) is 1. The molecule has 0 saturated carbocycles. The number of nitrogens with zero attached hydrogens (tertiary/aromatic N) is 2. The Hall–Kier alpha value is -1.84. The molecule has 0 radical (unpaired) electrons. The number of anilines is 2. The molecule has 98 valence electrons. The van der Waals surface area contributed by atoms with Crippen molar-refractivity contribution < 1.29 is 9.84 Å². The van der Waals surface area contributed by atoms with Crippen molar-refractivity contribution in [3.63, 3.8) is 0 Å². The van der Waals surface area contributed by atoms with Gasteiger partial charge in [-0.1, -0.05) is 0 Å². The Labute approximate surface area is 107 Å². The minimum Gasteiger partial charge on any atom is -0.395 e. The van der Waals surface area contributed by atoms with Gasteiger partial charge in [0.2, 0.25) is 0 Å². The van der Waals surface area contributed by atoms with Gasteiger partial charge in [0, 0.05) is 20.2 Å². The number of methoxy groups -OCH3 is 1. The maximum atomic E-state index is 9.10. The number of rotatable bonds is 7. The van der Waals surface area contributed by atoms with Crippen molar-refractivity contribution in [1.82, 2.24) is 4.98 Å². The van der Waals surface area contributed by atoms with Crippen molar-refractivity contribution >= 4 is 11.6 Å². The monoisotopic (exact) mass is 250 g/mol. The molecule has 3 N–H and O–H groups in total. The molecule has 1 aromatic rings. The van der Waals surface area contributed by atoms with E-state index in [1.54, 1.807) is 13.2 Å². The molecule has 0 aliphatic rings. The average molecular weight is 250 g/mol. The molecule has 0 amide bonds. The maximum Gasteiger partial charge on any atom is 0.146 e. The van der Waals surface area contributed by atoms with Gasteiger partial charge in [0.05, 0.1) is 18.8 Å². The van der Waals surface area contributed by atoms with E-state index < -0.39 is 0 Å². The highest BCUT2D eigenvalue weighted by molar-refractivity contribution is 5.60. The van der Waals surface area contributed by atoms with Crippen LogP contribution >= 0.6 is 0 Å². The standard InChI is InChI=1S/C12H18N4O2/c1-9-7-11(14-3-5-17)16-12(10(9)8-13)15-4-6-18-2/h7,17H,3-6H2,1-2H3,(H2,14,15,16). The lowest BCUT2D eigenvalue weighted by Crippen LogP contribution is -2.13. The molecule has 0 unspecified atom stereocenters. The number of nitrogens with one attached hydrogen (secondary N) is 2. The van der Waals surface area contributed by atoms with Gasteiger partial charge in [-0.3, -0.25) is 0 Å². The zero-order chi connectivity index (χ0) is 13.4. The molecule has 0 fully saturated rings. The first kappa shape index (κ1) is 14.2. The van der Waals surface area contributed by atoms with Crippen LogP contribution in [-0.2, 0) is 4.74 Å². The number of hydrogen-bond donors (Lipinski definition) is 3. The van der Waals surface area contributed by atoms with Gasteiger partial charge in [-0.25, -0.2) is 4.98 Å². The second kappa shape index (κ2) is 7.48. The Morgan fingerprint density at radius 3 is 2.83 bits per heavy atom. The van der Waals surface area contributed by atoms with Crippen molar-refractivity contribution in [1.29, 1.82) is 5.26 Å². The minimum atomic E-state index is 0.0349. The number of nitriles is 1. The summed E-state index contributed by atoms with van der Waals surface area (Å²) in [6, 6.07) is 3.92. The third kappa shape index (κ3) is 3.87. The fourth-order valence-electron chi connectivity index (χ4n) is 1.49. The Balaban J connectivity index is 2.89. The van der Waals surface area contributed by atoms with E-state index in [1.165, 1.54) is 0 Å². The summed E-state index contributed by atoms with van der Waals surface area (Å²) in [7, 11) is 1.62. The lowest BCUT2D eigenvalue weighted by molar-refractivity contribution is 0.210. The van der Waals surface area contributed by atoms with Gasteiger partial charge in [-0.2, -0.15) is 5.26 Å². The van der Waals surface area contributed by atoms with E-state index in [1.807, 2.05) is 6.92 Å². The molecule has 1 heterocycles. The van der Waals surface area contributed by atoms with Gasteiger partial charge in [0.25, 0.3) is 0 Å². The first-order valence-electron chi connectivity index (χ1n) is 5.72. The van der Waals surface area contributed by atoms with Crippen molar-refractivity contribution in [3.8, 4) is 6.07 Å². The summed E-state index contributed by atoms with van der Waals surface area (Å²) in [6.45, 7) is 3.44. The molecule has 0 atom stereocenters. The van der Waals surface area contributed by atoms with Crippen LogP contribution in [0.4, 0.5) is 11.6 Å². The Bertz CT molecular complexity index is 429. The fourth-order valence-corrected chi connectivity index (χ4v) is 1.49. The average Bonchev–Trinajstić information content (AvgIpc) is 2.36. The van der Waals surface area contributed by atoms with E-state index >= 15 is 0 Å². The number of hydrogen-bond acceptors (Lipinski definition) is 6. The molecule has 0 saturated heterocycles. The lowest BCUT2D eigenvalue weighted by Gasteiger charge is -2.12. The summed E-state index contributed by atoms with van der Waals surface area (Å²) in [4.78, 5) is 4.30. The third-order valence-electron chi connectivity index (χ3n) is 2.34. The minimum absolute atomic E-state index is 0.0349. The Morgan fingerprint density at radius 1 is 1.44 bits per heavy atom. The molecule has 1 aromatic heterocycles. The Kier molecular flexibility index (Phi) is 5.91. The molecule has 6 heteroatoms. The number of aliphatic hydroxyl groups is 1. The topological polar surface area (TPSA) is 90.2 Å². The molecular formula is C12H18N4O2. The van der Waals surface area contributed by atoms with Gasteiger partial charge in [0.1, 0.15) is 17.7 Å². The molecule has 18 heavy (non-hydrogen) atoms. The molecular weight excluding hydrogens is 232 g/mol. The quantitative estimate of drug-likeness (QED) is 0.618. The fraction of sp³-hybridized carbons (Fsp3) is 0.500. The summed E-state index contributed by atoms with van der Waals surface area (Å²) >= 11 is 0. The lowest BCUT2D eigenvalue weighted by atomic mass is 10.1. The second-order valence-corrected chi connectivity index (χ2v) is 3.73. The highest BCUT2D eigenvalue weighted by atomic mass is 16.5. The smallest absolute Gasteiger partial charge is 0.146 e. The van der Waals surface area contributed by atoms with Crippen LogP contribution in [0.1, 0.15) is 11.1 Å². The first-order valence-corrected chi connectivity index (χ1v) is 5.72. The normalized spacial score (nSPS) is 9.89. The van der Waals surface area contributed by atoms with E-state index in [4.69, 9.17) is 15.1 Å². The van der Waals surface area contributed by atoms with E-state index in [0.29, 0.717) is 36.9 Å². The summed E-state index contributed by atoms with van der Waals surface area (Å²) in [5, 5.41) is 23.9. The van der Waals surface area contributed by atoms with Crippen LogP contribution in [0.3, 0.4) is 0 Å². The Morgan fingerprint density at radius 2 is 2.22 bits per heavy atom. The predicted molar refractivity (Wildman–Crippen MR) is 69.6 cm³/mol. The molecule has 0 aromatic carbocycles. The van der Waals surface area contributed by atoms with Crippen molar-refractivity contribution in [3.05, 3.63) is 17.2 Å². The van der Waals surface area contributed by atoms with Crippen LogP contribution in [0.5, 0.6) is 0 Å².